The molecule has 3 atom stereocenters. The van der Waals surface area contributed by atoms with Gasteiger partial charge < -0.3 is 15.1 Å². The molecule has 2 fully saturated rings. The van der Waals surface area contributed by atoms with Crippen molar-refractivity contribution in [3.05, 3.63) is 29.7 Å². The highest BCUT2D eigenvalue weighted by Gasteiger charge is 2.36. The Hall–Kier alpha value is -2.04. The summed E-state index contributed by atoms with van der Waals surface area (Å²) in [5.74, 6) is 2.52. The zero-order valence-electron chi connectivity index (χ0n) is 13.5. The third kappa shape index (κ3) is 3.84. The van der Waals surface area contributed by atoms with E-state index in [1.807, 2.05) is 12.1 Å². The summed E-state index contributed by atoms with van der Waals surface area (Å²) in [4.78, 5) is 25.3. The summed E-state index contributed by atoms with van der Waals surface area (Å²) >= 11 is 0. The van der Waals surface area contributed by atoms with E-state index in [0.717, 1.165) is 25.0 Å². The summed E-state index contributed by atoms with van der Waals surface area (Å²) in [6.45, 7) is 2.89. The number of primary amides is 1. The molecule has 1 aromatic heterocycles. The lowest BCUT2D eigenvalue weighted by Crippen LogP contribution is -2.44. The van der Waals surface area contributed by atoms with Crippen LogP contribution in [0, 0.1) is 5.92 Å². The Morgan fingerprint density at radius 1 is 1.39 bits per heavy atom. The lowest BCUT2D eigenvalue weighted by atomic mass is 9.99. The maximum absolute atomic E-state index is 12.4. The molecular formula is C18H24N2O3. The van der Waals surface area contributed by atoms with Gasteiger partial charge in [0.05, 0.1) is 0 Å². The summed E-state index contributed by atoms with van der Waals surface area (Å²) < 4.78 is 5.78. The van der Waals surface area contributed by atoms with Crippen molar-refractivity contribution in [2.75, 3.05) is 6.54 Å². The first-order chi connectivity index (χ1) is 11.0. The molecule has 5 nitrogen and oxygen atoms in total. The van der Waals surface area contributed by atoms with Crippen molar-refractivity contribution in [2.24, 2.45) is 11.7 Å². The summed E-state index contributed by atoms with van der Waals surface area (Å²) in [5.41, 5.74) is 5.29. The molecule has 0 bridgehead atoms. The van der Waals surface area contributed by atoms with Gasteiger partial charge in [-0.2, -0.15) is 0 Å². The monoisotopic (exact) mass is 316 g/mol. The van der Waals surface area contributed by atoms with Crippen LogP contribution in [-0.2, 0) is 9.59 Å². The molecule has 2 aliphatic rings. The Morgan fingerprint density at radius 2 is 2.17 bits per heavy atom. The number of rotatable bonds is 5. The lowest BCUT2D eigenvalue weighted by molar-refractivity contribution is -0.130. The van der Waals surface area contributed by atoms with E-state index in [9.17, 15) is 9.59 Å². The van der Waals surface area contributed by atoms with E-state index in [4.69, 9.17) is 10.2 Å². The van der Waals surface area contributed by atoms with Gasteiger partial charge in [-0.3, -0.25) is 9.59 Å². The van der Waals surface area contributed by atoms with Gasteiger partial charge in [-0.05, 0) is 49.8 Å². The third-order valence-electron chi connectivity index (χ3n) is 4.86. The predicted octanol–water partition coefficient (Wildman–Crippen LogP) is 2.67. The van der Waals surface area contributed by atoms with Gasteiger partial charge in [-0.15, -0.1) is 0 Å². The molecule has 0 spiro atoms. The molecule has 1 saturated heterocycles. The van der Waals surface area contributed by atoms with Gasteiger partial charge in [0, 0.05) is 31.0 Å². The molecule has 3 unspecified atom stereocenters. The zero-order chi connectivity index (χ0) is 16.4. The first-order valence-corrected chi connectivity index (χ1v) is 8.41. The summed E-state index contributed by atoms with van der Waals surface area (Å²) in [7, 11) is 0. The van der Waals surface area contributed by atoms with E-state index in [1.54, 1.807) is 11.0 Å². The number of piperidine rings is 1. The number of likely N-dealkylation sites (tertiary alicyclic amines) is 1. The molecule has 1 saturated carbocycles. The Morgan fingerprint density at radius 3 is 2.87 bits per heavy atom. The number of hydrogen-bond donors (Lipinski definition) is 1. The summed E-state index contributed by atoms with van der Waals surface area (Å²) in [5, 5.41) is 0. The summed E-state index contributed by atoms with van der Waals surface area (Å²) in [6.07, 6.45) is 7.52. The molecule has 1 aromatic rings. The molecule has 23 heavy (non-hydrogen) atoms. The van der Waals surface area contributed by atoms with Crippen molar-refractivity contribution in [3.63, 3.8) is 0 Å². The van der Waals surface area contributed by atoms with Crippen LogP contribution in [0.1, 0.15) is 56.5 Å². The smallest absolute Gasteiger partial charge is 0.246 e. The van der Waals surface area contributed by atoms with Crippen molar-refractivity contribution in [1.82, 2.24) is 4.90 Å². The number of nitrogens with zero attached hydrogens (tertiary/aromatic N) is 1. The number of hydrogen-bond acceptors (Lipinski definition) is 3. The van der Waals surface area contributed by atoms with Crippen LogP contribution in [0.25, 0.3) is 6.08 Å². The van der Waals surface area contributed by atoms with Crippen LogP contribution in [-0.4, -0.2) is 29.3 Å². The standard InChI is InChI=1S/C18H24N2O3/c1-12-10-15(12)16-7-5-14(23-16)6-8-18(22)20-9-3-2-4-13(20)11-17(19)21/h5-8,12-13,15H,2-4,9-11H2,1H3,(H2,19,21)/b8-6+. The van der Waals surface area contributed by atoms with Gasteiger partial charge in [-0.1, -0.05) is 6.92 Å². The van der Waals surface area contributed by atoms with Crippen LogP contribution < -0.4 is 5.73 Å². The van der Waals surface area contributed by atoms with E-state index in [1.165, 1.54) is 12.5 Å². The number of carbonyl (C=O) groups excluding carboxylic acids is 2. The van der Waals surface area contributed by atoms with Crippen molar-refractivity contribution in [3.8, 4) is 0 Å². The van der Waals surface area contributed by atoms with Crippen molar-refractivity contribution in [2.45, 2.75) is 51.0 Å². The highest BCUT2D eigenvalue weighted by molar-refractivity contribution is 5.92. The first-order valence-electron chi connectivity index (χ1n) is 8.41. The average molecular weight is 316 g/mol. The molecule has 2 heterocycles. The number of carbonyl (C=O) groups is 2. The van der Waals surface area contributed by atoms with Crippen LogP contribution in [0.4, 0.5) is 0 Å². The maximum atomic E-state index is 12.4. The fourth-order valence-electron chi connectivity index (χ4n) is 3.36. The van der Waals surface area contributed by atoms with Gasteiger partial charge in [0.1, 0.15) is 11.5 Å². The molecule has 3 rings (SSSR count). The Balaban J connectivity index is 1.62. The predicted molar refractivity (Wildman–Crippen MR) is 87.4 cm³/mol. The Labute approximate surface area is 136 Å². The Bertz CT molecular complexity index is 620. The van der Waals surface area contributed by atoms with Gasteiger partial charge in [-0.25, -0.2) is 0 Å². The lowest BCUT2D eigenvalue weighted by Gasteiger charge is -2.34. The number of nitrogens with two attached hydrogens (primary N) is 1. The average Bonchev–Trinajstić information content (AvgIpc) is 3.07. The molecule has 2 amide bonds. The van der Waals surface area contributed by atoms with E-state index in [0.29, 0.717) is 24.1 Å². The maximum Gasteiger partial charge on any atom is 0.246 e. The fraction of sp³-hybridized carbons (Fsp3) is 0.556. The molecular weight excluding hydrogens is 292 g/mol. The van der Waals surface area contributed by atoms with E-state index >= 15 is 0 Å². The van der Waals surface area contributed by atoms with E-state index in [-0.39, 0.29) is 24.3 Å². The normalized spacial score (nSPS) is 27.3. The molecule has 1 aliphatic carbocycles. The minimum absolute atomic E-state index is 0.0714. The molecule has 124 valence electrons. The Kier molecular flexibility index (Phi) is 4.55. The van der Waals surface area contributed by atoms with Crippen LogP contribution in [0.5, 0.6) is 0 Å². The van der Waals surface area contributed by atoms with Crippen LogP contribution >= 0.6 is 0 Å². The van der Waals surface area contributed by atoms with Gasteiger partial charge in [0.25, 0.3) is 0 Å². The quantitative estimate of drug-likeness (QED) is 0.848. The highest BCUT2D eigenvalue weighted by atomic mass is 16.3. The minimum Gasteiger partial charge on any atom is -0.461 e. The van der Waals surface area contributed by atoms with E-state index in [2.05, 4.69) is 6.92 Å². The zero-order valence-corrected chi connectivity index (χ0v) is 13.5. The topological polar surface area (TPSA) is 76.5 Å². The molecule has 0 radical (unpaired) electrons. The van der Waals surface area contributed by atoms with Gasteiger partial charge >= 0.3 is 0 Å². The number of furan rings is 1. The minimum atomic E-state index is -0.354. The second-order valence-corrected chi connectivity index (χ2v) is 6.74. The largest absolute Gasteiger partial charge is 0.461 e. The van der Waals surface area contributed by atoms with Crippen molar-refractivity contribution >= 4 is 17.9 Å². The fourth-order valence-corrected chi connectivity index (χ4v) is 3.36. The molecule has 1 aliphatic heterocycles. The van der Waals surface area contributed by atoms with Crippen molar-refractivity contribution < 1.29 is 14.0 Å². The molecule has 0 aromatic carbocycles. The second kappa shape index (κ2) is 6.60. The highest BCUT2D eigenvalue weighted by Crippen LogP contribution is 2.47. The second-order valence-electron chi connectivity index (χ2n) is 6.74. The van der Waals surface area contributed by atoms with Crippen LogP contribution in [0.3, 0.4) is 0 Å². The first kappa shape index (κ1) is 15.8. The van der Waals surface area contributed by atoms with Crippen LogP contribution in [0.15, 0.2) is 22.6 Å². The van der Waals surface area contributed by atoms with E-state index < -0.39 is 0 Å². The van der Waals surface area contributed by atoms with Crippen molar-refractivity contribution in [1.29, 1.82) is 0 Å². The SMILES string of the molecule is CC1CC1c1ccc(/C=C/C(=O)N2CCCCC2CC(N)=O)o1. The molecule has 5 heteroatoms. The number of amides is 2. The third-order valence-corrected chi connectivity index (χ3v) is 4.86. The van der Waals surface area contributed by atoms with Gasteiger partial charge in [0.15, 0.2) is 0 Å². The summed E-state index contributed by atoms with van der Waals surface area (Å²) in [6, 6.07) is 3.83. The van der Waals surface area contributed by atoms with Crippen LogP contribution in [0.2, 0.25) is 0 Å². The van der Waals surface area contributed by atoms with Gasteiger partial charge in [0.2, 0.25) is 11.8 Å². The molecule has 2 N–H and O–H groups in total.